The average Bonchev–Trinajstić information content (AvgIpc) is 2.85. The SMILES string of the molecule is Cc1ccc(C(C)NS(=O)(=O)c2cc(CN)ccc2Cl)o1. The normalized spacial score (nSPS) is 13.3. The van der Waals surface area contributed by atoms with E-state index >= 15 is 0 Å². The highest BCUT2D eigenvalue weighted by Crippen LogP contribution is 2.25. The van der Waals surface area contributed by atoms with Crippen LogP contribution in [0.25, 0.3) is 0 Å². The van der Waals surface area contributed by atoms with Crippen molar-refractivity contribution in [3.63, 3.8) is 0 Å². The van der Waals surface area contributed by atoms with Crippen molar-refractivity contribution in [3.8, 4) is 0 Å². The molecule has 21 heavy (non-hydrogen) atoms. The van der Waals surface area contributed by atoms with Gasteiger partial charge >= 0.3 is 0 Å². The van der Waals surface area contributed by atoms with Gasteiger partial charge < -0.3 is 10.2 Å². The molecular weight excluding hydrogens is 312 g/mol. The molecule has 0 fully saturated rings. The van der Waals surface area contributed by atoms with E-state index in [1.165, 1.54) is 12.1 Å². The number of sulfonamides is 1. The first kappa shape index (κ1) is 16.0. The van der Waals surface area contributed by atoms with Crippen LogP contribution in [0.5, 0.6) is 0 Å². The Kier molecular flexibility index (Phi) is 4.73. The van der Waals surface area contributed by atoms with Crippen LogP contribution < -0.4 is 10.5 Å². The van der Waals surface area contributed by atoms with Gasteiger partial charge in [-0.25, -0.2) is 13.1 Å². The first-order chi connectivity index (χ1) is 9.83. The lowest BCUT2D eigenvalue weighted by molar-refractivity contribution is 0.441. The van der Waals surface area contributed by atoms with E-state index in [2.05, 4.69) is 4.72 Å². The standard InChI is InChI=1S/C14H17ClN2O3S/c1-9-3-6-13(20-9)10(2)17-21(18,19)14-7-11(8-16)4-5-12(14)15/h3-7,10,17H,8,16H2,1-2H3. The summed E-state index contributed by atoms with van der Waals surface area (Å²) in [6.07, 6.45) is 0. The molecule has 2 aromatic rings. The summed E-state index contributed by atoms with van der Waals surface area (Å²) < 4.78 is 32.8. The summed E-state index contributed by atoms with van der Waals surface area (Å²) >= 11 is 5.99. The van der Waals surface area contributed by atoms with Crippen molar-refractivity contribution < 1.29 is 12.8 Å². The monoisotopic (exact) mass is 328 g/mol. The zero-order valence-electron chi connectivity index (χ0n) is 11.8. The molecule has 0 amide bonds. The van der Waals surface area contributed by atoms with Gasteiger partial charge in [-0.3, -0.25) is 0 Å². The summed E-state index contributed by atoms with van der Waals surface area (Å²) in [7, 11) is -3.76. The second-order valence-electron chi connectivity index (χ2n) is 4.76. The lowest BCUT2D eigenvalue weighted by Gasteiger charge is -2.14. The van der Waals surface area contributed by atoms with E-state index in [1.54, 1.807) is 32.0 Å². The van der Waals surface area contributed by atoms with Gasteiger partial charge in [-0.2, -0.15) is 0 Å². The molecule has 1 atom stereocenters. The number of benzene rings is 1. The Bertz CT molecular complexity index is 740. The molecule has 5 nitrogen and oxygen atoms in total. The number of hydrogen-bond acceptors (Lipinski definition) is 4. The maximum atomic E-state index is 12.4. The number of aryl methyl sites for hydroxylation is 1. The maximum absolute atomic E-state index is 12.4. The summed E-state index contributed by atoms with van der Waals surface area (Å²) in [5, 5.41) is 0.155. The lowest BCUT2D eigenvalue weighted by atomic mass is 10.2. The van der Waals surface area contributed by atoms with E-state index in [0.717, 1.165) is 5.76 Å². The Morgan fingerprint density at radius 2 is 2.05 bits per heavy atom. The Morgan fingerprint density at radius 3 is 2.62 bits per heavy atom. The third kappa shape index (κ3) is 3.65. The number of furan rings is 1. The number of nitrogens with two attached hydrogens (primary N) is 1. The highest BCUT2D eigenvalue weighted by molar-refractivity contribution is 7.89. The second-order valence-corrected chi connectivity index (χ2v) is 6.85. The molecule has 3 N–H and O–H groups in total. The van der Waals surface area contributed by atoms with Gasteiger partial charge in [0.15, 0.2) is 0 Å². The molecule has 0 bridgehead atoms. The molecule has 1 unspecified atom stereocenters. The van der Waals surface area contributed by atoms with Crippen LogP contribution in [0.2, 0.25) is 5.02 Å². The van der Waals surface area contributed by atoms with E-state index in [-0.39, 0.29) is 16.5 Å². The van der Waals surface area contributed by atoms with Gasteiger partial charge in [0.05, 0.1) is 11.1 Å². The Labute approximate surface area is 129 Å². The molecule has 0 saturated carbocycles. The zero-order chi connectivity index (χ0) is 15.6. The third-order valence-corrected chi connectivity index (χ3v) is 5.06. The number of hydrogen-bond donors (Lipinski definition) is 2. The molecule has 7 heteroatoms. The van der Waals surface area contributed by atoms with Crippen molar-refractivity contribution in [3.05, 3.63) is 52.4 Å². The van der Waals surface area contributed by atoms with E-state index in [1.807, 2.05) is 0 Å². The van der Waals surface area contributed by atoms with Gasteiger partial charge in [0.25, 0.3) is 0 Å². The topological polar surface area (TPSA) is 85.3 Å². The molecule has 1 aromatic heterocycles. The summed E-state index contributed by atoms with van der Waals surface area (Å²) in [6.45, 7) is 3.75. The van der Waals surface area contributed by atoms with Gasteiger partial charge in [0.1, 0.15) is 16.4 Å². The summed E-state index contributed by atoms with van der Waals surface area (Å²) in [5.74, 6) is 1.27. The zero-order valence-corrected chi connectivity index (χ0v) is 13.3. The second kappa shape index (κ2) is 6.19. The van der Waals surface area contributed by atoms with Crippen LogP contribution in [-0.2, 0) is 16.6 Å². The van der Waals surface area contributed by atoms with E-state index in [9.17, 15) is 8.42 Å². The summed E-state index contributed by atoms with van der Waals surface area (Å²) in [4.78, 5) is 0.0160. The Hall–Kier alpha value is -1.34. The Balaban J connectivity index is 2.30. The molecule has 0 aliphatic rings. The number of rotatable bonds is 5. The predicted octanol–water partition coefficient (Wildman–Crippen LogP) is 2.74. The maximum Gasteiger partial charge on any atom is 0.242 e. The van der Waals surface area contributed by atoms with Crippen LogP contribution in [0.15, 0.2) is 39.6 Å². The van der Waals surface area contributed by atoms with E-state index < -0.39 is 16.1 Å². The predicted molar refractivity (Wildman–Crippen MR) is 81.5 cm³/mol. The fourth-order valence-corrected chi connectivity index (χ4v) is 3.68. The average molecular weight is 329 g/mol. The minimum Gasteiger partial charge on any atom is -0.465 e. The van der Waals surface area contributed by atoms with Crippen molar-refractivity contribution in [2.45, 2.75) is 31.3 Å². The highest BCUT2D eigenvalue weighted by Gasteiger charge is 2.22. The molecule has 0 radical (unpaired) electrons. The molecule has 2 rings (SSSR count). The van der Waals surface area contributed by atoms with Crippen molar-refractivity contribution in [2.75, 3.05) is 0 Å². The summed E-state index contributed by atoms with van der Waals surface area (Å²) in [5.41, 5.74) is 6.23. The third-order valence-electron chi connectivity index (χ3n) is 3.04. The van der Waals surface area contributed by atoms with Crippen molar-refractivity contribution >= 4 is 21.6 Å². The van der Waals surface area contributed by atoms with Crippen LogP contribution in [-0.4, -0.2) is 8.42 Å². The molecule has 114 valence electrons. The first-order valence-corrected chi connectivity index (χ1v) is 8.27. The van der Waals surface area contributed by atoms with Crippen molar-refractivity contribution in [2.24, 2.45) is 5.73 Å². The van der Waals surface area contributed by atoms with Crippen LogP contribution in [0.3, 0.4) is 0 Å². The van der Waals surface area contributed by atoms with Crippen molar-refractivity contribution in [1.82, 2.24) is 4.72 Å². The quantitative estimate of drug-likeness (QED) is 0.883. The van der Waals surface area contributed by atoms with Crippen LogP contribution in [0, 0.1) is 6.92 Å². The largest absolute Gasteiger partial charge is 0.465 e. The molecule has 0 aliphatic heterocycles. The minimum atomic E-state index is -3.76. The fraction of sp³-hybridized carbons (Fsp3) is 0.286. The van der Waals surface area contributed by atoms with Crippen LogP contribution in [0.4, 0.5) is 0 Å². The molecule has 0 saturated heterocycles. The van der Waals surface area contributed by atoms with E-state index in [0.29, 0.717) is 11.3 Å². The fourth-order valence-electron chi connectivity index (χ4n) is 1.92. The minimum absolute atomic E-state index is 0.0160. The summed E-state index contributed by atoms with van der Waals surface area (Å²) in [6, 6.07) is 7.72. The van der Waals surface area contributed by atoms with Crippen LogP contribution >= 0.6 is 11.6 Å². The molecule has 0 aliphatic carbocycles. The smallest absolute Gasteiger partial charge is 0.242 e. The Morgan fingerprint density at radius 1 is 1.33 bits per heavy atom. The highest BCUT2D eigenvalue weighted by atomic mass is 35.5. The van der Waals surface area contributed by atoms with Gasteiger partial charge in [0.2, 0.25) is 10.0 Å². The van der Waals surface area contributed by atoms with Gasteiger partial charge in [-0.05, 0) is 43.7 Å². The van der Waals surface area contributed by atoms with Gasteiger partial charge in [-0.15, -0.1) is 0 Å². The van der Waals surface area contributed by atoms with Crippen LogP contribution in [0.1, 0.15) is 30.0 Å². The first-order valence-electron chi connectivity index (χ1n) is 6.40. The van der Waals surface area contributed by atoms with Gasteiger partial charge in [-0.1, -0.05) is 17.7 Å². The molecule has 1 aromatic carbocycles. The number of nitrogens with one attached hydrogen (secondary N) is 1. The van der Waals surface area contributed by atoms with Crippen molar-refractivity contribution in [1.29, 1.82) is 0 Å². The molecule has 0 spiro atoms. The van der Waals surface area contributed by atoms with E-state index in [4.69, 9.17) is 21.8 Å². The van der Waals surface area contributed by atoms with Gasteiger partial charge in [0, 0.05) is 6.54 Å². The molecular formula is C14H17ClN2O3S. The number of halogens is 1. The lowest BCUT2D eigenvalue weighted by Crippen LogP contribution is -2.27. The molecule has 1 heterocycles.